The van der Waals surface area contributed by atoms with E-state index in [1.807, 2.05) is 24.3 Å². The van der Waals surface area contributed by atoms with Crippen LogP contribution < -0.4 is 5.32 Å². The fourth-order valence-electron chi connectivity index (χ4n) is 1.75. The van der Waals surface area contributed by atoms with Crippen molar-refractivity contribution in [2.75, 3.05) is 5.32 Å². The topological polar surface area (TPSA) is 79.3 Å². The van der Waals surface area contributed by atoms with E-state index in [0.717, 1.165) is 10.0 Å². The van der Waals surface area contributed by atoms with Crippen molar-refractivity contribution < 1.29 is 14.7 Å². The van der Waals surface area contributed by atoms with E-state index in [-0.39, 0.29) is 11.5 Å². The maximum atomic E-state index is 11.8. The van der Waals surface area contributed by atoms with Crippen LogP contribution in [0.5, 0.6) is 0 Å². The maximum absolute atomic E-state index is 11.8. The van der Waals surface area contributed by atoms with Crippen LogP contribution in [0.25, 0.3) is 0 Å². The molecule has 2 rings (SSSR count). The number of aromatic carboxylic acids is 1. The number of nitrogens with zero attached hydrogens (tertiary/aromatic N) is 1. The lowest BCUT2D eigenvalue weighted by atomic mass is 10.1. The van der Waals surface area contributed by atoms with Crippen LogP contribution in [0.15, 0.2) is 47.1 Å². The number of carbonyl (C=O) groups excluding carboxylic acids is 1. The standard InChI is InChI=1S/C15H13BrN2O3/c16-12-3-1-2-10(8-12)4-7-14(19)18-13-6-5-11(9-17-13)15(20)21/h1-3,5-6,8-9H,4,7H2,(H,20,21)(H,17,18,19). The quantitative estimate of drug-likeness (QED) is 0.869. The molecule has 0 aliphatic carbocycles. The van der Waals surface area contributed by atoms with Gasteiger partial charge in [0.1, 0.15) is 5.82 Å². The van der Waals surface area contributed by atoms with Gasteiger partial charge in [0.2, 0.25) is 5.91 Å². The Balaban J connectivity index is 1.88. The predicted octanol–water partition coefficient (Wildman–Crippen LogP) is 3.11. The van der Waals surface area contributed by atoms with E-state index in [2.05, 4.69) is 26.2 Å². The average molecular weight is 349 g/mol. The first-order valence-corrected chi connectivity index (χ1v) is 7.07. The molecular weight excluding hydrogens is 336 g/mol. The Bertz CT molecular complexity index is 656. The molecule has 0 saturated carbocycles. The Hall–Kier alpha value is -2.21. The molecule has 21 heavy (non-hydrogen) atoms. The molecule has 0 saturated heterocycles. The van der Waals surface area contributed by atoms with Gasteiger partial charge in [-0.05, 0) is 36.2 Å². The van der Waals surface area contributed by atoms with Crippen LogP contribution in [0.2, 0.25) is 0 Å². The van der Waals surface area contributed by atoms with E-state index in [4.69, 9.17) is 5.11 Å². The number of pyridine rings is 1. The van der Waals surface area contributed by atoms with Gasteiger partial charge in [-0.1, -0.05) is 28.1 Å². The molecule has 0 radical (unpaired) electrons. The van der Waals surface area contributed by atoms with Crippen LogP contribution >= 0.6 is 15.9 Å². The van der Waals surface area contributed by atoms with Crippen molar-refractivity contribution in [1.82, 2.24) is 4.98 Å². The highest BCUT2D eigenvalue weighted by atomic mass is 79.9. The van der Waals surface area contributed by atoms with Crippen molar-refractivity contribution in [1.29, 1.82) is 0 Å². The van der Waals surface area contributed by atoms with Crippen LogP contribution in [0.3, 0.4) is 0 Å². The molecule has 0 bridgehead atoms. The lowest BCUT2D eigenvalue weighted by Crippen LogP contribution is -2.13. The van der Waals surface area contributed by atoms with Gasteiger partial charge in [0.25, 0.3) is 0 Å². The van der Waals surface area contributed by atoms with Gasteiger partial charge in [-0.2, -0.15) is 0 Å². The van der Waals surface area contributed by atoms with Crippen LogP contribution in [0, 0.1) is 0 Å². The highest BCUT2D eigenvalue weighted by Gasteiger charge is 2.06. The molecule has 0 atom stereocenters. The summed E-state index contributed by atoms with van der Waals surface area (Å²) in [7, 11) is 0. The average Bonchev–Trinajstić information content (AvgIpc) is 2.46. The summed E-state index contributed by atoms with van der Waals surface area (Å²) in [6, 6.07) is 10.6. The Kier molecular flexibility index (Phi) is 5.05. The zero-order valence-corrected chi connectivity index (χ0v) is 12.6. The molecule has 1 amide bonds. The first-order chi connectivity index (χ1) is 10.0. The number of nitrogens with one attached hydrogen (secondary N) is 1. The number of carbonyl (C=O) groups is 2. The zero-order chi connectivity index (χ0) is 15.2. The minimum atomic E-state index is -1.05. The molecular formula is C15H13BrN2O3. The van der Waals surface area contributed by atoms with E-state index in [1.54, 1.807) is 0 Å². The van der Waals surface area contributed by atoms with Crippen molar-refractivity contribution in [2.24, 2.45) is 0 Å². The number of aryl methyl sites for hydroxylation is 1. The Morgan fingerprint density at radius 1 is 1.24 bits per heavy atom. The van der Waals surface area contributed by atoms with Crippen LogP contribution in [-0.2, 0) is 11.2 Å². The first kappa shape index (κ1) is 15.2. The van der Waals surface area contributed by atoms with Gasteiger partial charge in [0, 0.05) is 17.1 Å². The second-order valence-corrected chi connectivity index (χ2v) is 5.33. The Labute approximate surface area is 130 Å². The number of carboxylic acids is 1. The minimum absolute atomic E-state index is 0.0853. The van der Waals surface area contributed by atoms with Crippen LogP contribution in [0.4, 0.5) is 5.82 Å². The Morgan fingerprint density at radius 2 is 2.05 bits per heavy atom. The number of anilines is 1. The third kappa shape index (κ3) is 4.68. The lowest BCUT2D eigenvalue weighted by molar-refractivity contribution is -0.116. The molecule has 1 aromatic carbocycles. The molecule has 0 spiro atoms. The molecule has 5 nitrogen and oxygen atoms in total. The van der Waals surface area contributed by atoms with Crippen molar-refractivity contribution in [2.45, 2.75) is 12.8 Å². The number of hydrogen-bond acceptors (Lipinski definition) is 3. The van der Waals surface area contributed by atoms with Crippen LogP contribution in [-0.4, -0.2) is 22.0 Å². The van der Waals surface area contributed by atoms with Gasteiger partial charge in [-0.25, -0.2) is 9.78 Å². The zero-order valence-electron chi connectivity index (χ0n) is 11.0. The van der Waals surface area contributed by atoms with Gasteiger partial charge in [0.15, 0.2) is 0 Å². The molecule has 0 unspecified atom stereocenters. The smallest absolute Gasteiger partial charge is 0.337 e. The second kappa shape index (κ2) is 6.99. The summed E-state index contributed by atoms with van der Waals surface area (Å²) in [5, 5.41) is 11.4. The molecule has 1 heterocycles. The molecule has 108 valence electrons. The van der Waals surface area contributed by atoms with Gasteiger partial charge in [-0.3, -0.25) is 4.79 Å². The van der Waals surface area contributed by atoms with Gasteiger partial charge in [0.05, 0.1) is 5.56 Å². The molecule has 0 aliphatic rings. The van der Waals surface area contributed by atoms with Crippen molar-refractivity contribution in [3.8, 4) is 0 Å². The predicted molar refractivity (Wildman–Crippen MR) is 82.3 cm³/mol. The van der Waals surface area contributed by atoms with E-state index in [0.29, 0.717) is 18.7 Å². The molecule has 0 aliphatic heterocycles. The third-order valence-electron chi connectivity index (χ3n) is 2.81. The monoisotopic (exact) mass is 348 g/mol. The number of carboxylic acid groups (broad SMARTS) is 1. The fraction of sp³-hybridized carbons (Fsp3) is 0.133. The largest absolute Gasteiger partial charge is 0.478 e. The molecule has 6 heteroatoms. The first-order valence-electron chi connectivity index (χ1n) is 6.28. The number of halogens is 1. The number of rotatable bonds is 5. The highest BCUT2D eigenvalue weighted by molar-refractivity contribution is 9.10. The number of hydrogen-bond donors (Lipinski definition) is 2. The summed E-state index contributed by atoms with van der Waals surface area (Å²) in [4.78, 5) is 26.4. The molecule has 0 fully saturated rings. The summed E-state index contributed by atoms with van der Waals surface area (Å²) in [5.41, 5.74) is 1.15. The molecule has 1 aromatic heterocycles. The summed E-state index contributed by atoms with van der Waals surface area (Å²) in [6.07, 6.45) is 2.17. The number of amides is 1. The second-order valence-electron chi connectivity index (χ2n) is 4.42. The lowest BCUT2D eigenvalue weighted by Gasteiger charge is -2.05. The third-order valence-corrected chi connectivity index (χ3v) is 3.30. The van der Waals surface area contributed by atoms with Gasteiger partial charge in [-0.15, -0.1) is 0 Å². The van der Waals surface area contributed by atoms with E-state index in [1.165, 1.54) is 18.3 Å². The minimum Gasteiger partial charge on any atom is -0.478 e. The summed E-state index contributed by atoms with van der Waals surface area (Å²) >= 11 is 3.38. The highest BCUT2D eigenvalue weighted by Crippen LogP contribution is 2.13. The van der Waals surface area contributed by atoms with Crippen molar-refractivity contribution >= 4 is 33.6 Å². The number of benzene rings is 1. The van der Waals surface area contributed by atoms with E-state index in [9.17, 15) is 9.59 Å². The van der Waals surface area contributed by atoms with Crippen molar-refractivity contribution in [3.05, 3.63) is 58.2 Å². The maximum Gasteiger partial charge on any atom is 0.337 e. The van der Waals surface area contributed by atoms with Gasteiger partial charge >= 0.3 is 5.97 Å². The van der Waals surface area contributed by atoms with Gasteiger partial charge < -0.3 is 10.4 Å². The fourth-order valence-corrected chi connectivity index (χ4v) is 2.20. The normalized spacial score (nSPS) is 10.1. The van der Waals surface area contributed by atoms with E-state index >= 15 is 0 Å². The number of aromatic nitrogens is 1. The molecule has 2 aromatic rings. The summed E-state index contributed by atoms with van der Waals surface area (Å²) in [6.45, 7) is 0. The SMILES string of the molecule is O=C(CCc1cccc(Br)c1)Nc1ccc(C(=O)O)cn1. The molecule has 2 N–H and O–H groups in total. The summed E-state index contributed by atoms with van der Waals surface area (Å²) < 4.78 is 0.978. The Morgan fingerprint density at radius 3 is 2.67 bits per heavy atom. The summed E-state index contributed by atoms with van der Waals surface area (Å²) in [5.74, 6) is -0.861. The van der Waals surface area contributed by atoms with Crippen molar-refractivity contribution in [3.63, 3.8) is 0 Å². The van der Waals surface area contributed by atoms with Crippen LogP contribution in [0.1, 0.15) is 22.3 Å². The van der Waals surface area contributed by atoms with E-state index < -0.39 is 5.97 Å².